The standard InChI is InChI=1S/C30H22INO4/c1-34-27-12-6-10-24(28(27)35-19-20-7-5-11-25(31)17-20)18-26-30(33)36-29(32-26)23-15-13-22(14-16-23)21-8-3-2-4-9-21/h2-18H,19H2,1H3/b26-18-. The van der Waals surface area contributed by atoms with E-state index in [1.807, 2.05) is 78.9 Å². The second-order valence-electron chi connectivity index (χ2n) is 8.08. The SMILES string of the molecule is COc1cccc(/C=C2\N=C(c3ccc(-c4ccccc4)cc3)OC2=O)c1OCc1cccc(I)c1. The molecule has 0 spiro atoms. The van der Waals surface area contributed by atoms with Crippen LogP contribution in [0.1, 0.15) is 16.7 Å². The van der Waals surface area contributed by atoms with E-state index in [-0.39, 0.29) is 11.6 Å². The van der Waals surface area contributed by atoms with Gasteiger partial charge in [-0.05, 0) is 75.7 Å². The zero-order valence-electron chi connectivity index (χ0n) is 19.5. The van der Waals surface area contributed by atoms with Gasteiger partial charge in [0.05, 0.1) is 7.11 Å². The van der Waals surface area contributed by atoms with Crippen LogP contribution in [0.4, 0.5) is 0 Å². The number of rotatable bonds is 7. The van der Waals surface area contributed by atoms with E-state index in [9.17, 15) is 4.79 Å². The maximum absolute atomic E-state index is 12.7. The number of aliphatic imine (C=N–C) groups is 1. The zero-order chi connectivity index (χ0) is 24.9. The minimum atomic E-state index is -0.511. The van der Waals surface area contributed by atoms with Crippen LogP contribution < -0.4 is 9.47 Å². The Morgan fingerprint density at radius 3 is 2.33 bits per heavy atom. The average Bonchev–Trinajstić information content (AvgIpc) is 3.28. The smallest absolute Gasteiger partial charge is 0.363 e. The third-order valence-electron chi connectivity index (χ3n) is 5.65. The fourth-order valence-electron chi connectivity index (χ4n) is 3.86. The fourth-order valence-corrected chi connectivity index (χ4v) is 4.47. The summed E-state index contributed by atoms with van der Waals surface area (Å²) in [5.74, 6) is 0.871. The van der Waals surface area contributed by atoms with Gasteiger partial charge in [-0.3, -0.25) is 0 Å². The van der Waals surface area contributed by atoms with E-state index in [4.69, 9.17) is 14.2 Å². The topological polar surface area (TPSA) is 57.1 Å². The Balaban J connectivity index is 1.41. The molecule has 4 aromatic rings. The average molecular weight is 587 g/mol. The van der Waals surface area contributed by atoms with Gasteiger partial charge in [0.2, 0.25) is 5.90 Å². The molecule has 0 saturated heterocycles. The largest absolute Gasteiger partial charge is 0.493 e. The number of ether oxygens (including phenoxy) is 3. The first-order valence-corrected chi connectivity index (χ1v) is 12.4. The summed E-state index contributed by atoms with van der Waals surface area (Å²) in [6, 6.07) is 31.5. The van der Waals surface area contributed by atoms with E-state index in [0.717, 1.165) is 25.8 Å². The van der Waals surface area contributed by atoms with Crippen LogP contribution in [0.3, 0.4) is 0 Å². The number of cyclic esters (lactones) is 1. The molecule has 0 radical (unpaired) electrons. The van der Waals surface area contributed by atoms with Crippen molar-refractivity contribution >= 4 is 40.5 Å². The summed E-state index contributed by atoms with van der Waals surface area (Å²) in [6.07, 6.45) is 1.67. The molecule has 178 valence electrons. The van der Waals surface area contributed by atoms with E-state index in [2.05, 4.69) is 45.8 Å². The van der Waals surface area contributed by atoms with Crippen molar-refractivity contribution in [1.82, 2.24) is 0 Å². The predicted molar refractivity (Wildman–Crippen MR) is 149 cm³/mol. The molecule has 0 N–H and O–H groups in total. The molecule has 0 saturated carbocycles. The highest BCUT2D eigenvalue weighted by atomic mass is 127. The van der Waals surface area contributed by atoms with Crippen molar-refractivity contribution < 1.29 is 19.0 Å². The number of methoxy groups -OCH3 is 1. The van der Waals surface area contributed by atoms with Crippen LogP contribution in [0.15, 0.2) is 108 Å². The Bertz CT molecular complexity index is 1460. The van der Waals surface area contributed by atoms with Gasteiger partial charge >= 0.3 is 5.97 Å². The number of carbonyl (C=O) groups is 1. The van der Waals surface area contributed by atoms with Gasteiger partial charge in [0.25, 0.3) is 0 Å². The molecule has 0 unspecified atom stereocenters. The van der Waals surface area contributed by atoms with Crippen LogP contribution in [0.2, 0.25) is 0 Å². The maximum Gasteiger partial charge on any atom is 0.363 e. The van der Waals surface area contributed by atoms with Crippen LogP contribution in [0, 0.1) is 3.57 Å². The number of nitrogens with zero attached hydrogens (tertiary/aromatic N) is 1. The van der Waals surface area contributed by atoms with Crippen molar-refractivity contribution in [2.45, 2.75) is 6.61 Å². The van der Waals surface area contributed by atoms with E-state index >= 15 is 0 Å². The minimum absolute atomic E-state index is 0.199. The molecule has 5 nitrogen and oxygen atoms in total. The van der Waals surface area contributed by atoms with Crippen molar-refractivity contribution in [3.63, 3.8) is 0 Å². The molecule has 36 heavy (non-hydrogen) atoms. The Kier molecular flexibility index (Phi) is 7.13. The van der Waals surface area contributed by atoms with Gasteiger partial charge in [0, 0.05) is 14.7 Å². The van der Waals surface area contributed by atoms with Crippen LogP contribution in [0.25, 0.3) is 17.2 Å². The Morgan fingerprint density at radius 2 is 1.58 bits per heavy atom. The molecule has 0 aromatic heterocycles. The lowest BCUT2D eigenvalue weighted by Crippen LogP contribution is -2.05. The number of benzene rings is 4. The third-order valence-corrected chi connectivity index (χ3v) is 6.32. The minimum Gasteiger partial charge on any atom is -0.493 e. The molecule has 0 fully saturated rings. The predicted octanol–water partition coefficient (Wildman–Crippen LogP) is 6.89. The van der Waals surface area contributed by atoms with Crippen molar-refractivity contribution in [2.75, 3.05) is 7.11 Å². The molecule has 0 atom stereocenters. The molecular weight excluding hydrogens is 565 g/mol. The molecule has 5 rings (SSSR count). The van der Waals surface area contributed by atoms with Gasteiger partial charge in [-0.15, -0.1) is 0 Å². The fraction of sp³-hybridized carbons (Fsp3) is 0.0667. The molecule has 0 aliphatic carbocycles. The highest BCUT2D eigenvalue weighted by molar-refractivity contribution is 14.1. The van der Waals surface area contributed by atoms with Crippen molar-refractivity contribution in [3.8, 4) is 22.6 Å². The molecular formula is C30H22INO4. The Labute approximate surface area is 223 Å². The second-order valence-corrected chi connectivity index (χ2v) is 9.32. The number of esters is 1. The van der Waals surface area contributed by atoms with Gasteiger partial charge in [-0.25, -0.2) is 9.79 Å². The number of carbonyl (C=O) groups excluding carboxylic acids is 1. The summed E-state index contributed by atoms with van der Waals surface area (Å²) < 4.78 is 18.3. The van der Waals surface area contributed by atoms with Crippen LogP contribution in [-0.2, 0) is 16.1 Å². The van der Waals surface area contributed by atoms with E-state index in [1.165, 1.54) is 0 Å². The lowest BCUT2D eigenvalue weighted by Gasteiger charge is -2.13. The Morgan fingerprint density at radius 1 is 0.861 bits per heavy atom. The summed E-state index contributed by atoms with van der Waals surface area (Å²) in [5.41, 5.74) is 4.83. The van der Waals surface area contributed by atoms with Crippen LogP contribution in [-0.4, -0.2) is 19.0 Å². The van der Waals surface area contributed by atoms with Gasteiger partial charge in [-0.1, -0.05) is 66.7 Å². The lowest BCUT2D eigenvalue weighted by atomic mass is 10.0. The van der Waals surface area contributed by atoms with Gasteiger partial charge < -0.3 is 14.2 Å². The summed E-state index contributed by atoms with van der Waals surface area (Å²) in [4.78, 5) is 17.1. The van der Waals surface area contributed by atoms with E-state index in [0.29, 0.717) is 23.7 Å². The summed E-state index contributed by atoms with van der Waals surface area (Å²) in [6.45, 7) is 0.361. The maximum atomic E-state index is 12.7. The second kappa shape index (κ2) is 10.8. The molecule has 1 aliphatic rings. The lowest BCUT2D eigenvalue weighted by molar-refractivity contribution is -0.129. The normalized spacial score (nSPS) is 13.9. The highest BCUT2D eigenvalue weighted by Gasteiger charge is 2.25. The highest BCUT2D eigenvalue weighted by Crippen LogP contribution is 2.34. The van der Waals surface area contributed by atoms with Crippen LogP contribution in [0.5, 0.6) is 11.5 Å². The van der Waals surface area contributed by atoms with Crippen molar-refractivity contribution in [3.05, 3.63) is 123 Å². The summed E-state index contributed by atoms with van der Waals surface area (Å²) in [5, 5.41) is 0. The Hall–Kier alpha value is -3.91. The van der Waals surface area contributed by atoms with E-state index < -0.39 is 5.97 Å². The number of halogens is 1. The first kappa shape index (κ1) is 23.8. The summed E-state index contributed by atoms with van der Waals surface area (Å²) in [7, 11) is 1.59. The van der Waals surface area contributed by atoms with Crippen LogP contribution >= 0.6 is 22.6 Å². The molecule has 6 heteroatoms. The number of hydrogen-bond acceptors (Lipinski definition) is 5. The molecule has 1 aliphatic heterocycles. The third kappa shape index (κ3) is 5.33. The van der Waals surface area contributed by atoms with Gasteiger partial charge in [0.15, 0.2) is 17.2 Å². The van der Waals surface area contributed by atoms with Crippen molar-refractivity contribution in [2.24, 2.45) is 4.99 Å². The first-order chi connectivity index (χ1) is 17.6. The quantitative estimate of drug-likeness (QED) is 0.134. The molecule has 1 heterocycles. The van der Waals surface area contributed by atoms with Crippen molar-refractivity contribution in [1.29, 1.82) is 0 Å². The monoisotopic (exact) mass is 587 g/mol. The van der Waals surface area contributed by atoms with E-state index in [1.54, 1.807) is 13.2 Å². The zero-order valence-corrected chi connectivity index (χ0v) is 21.6. The molecule has 0 bridgehead atoms. The molecule has 4 aromatic carbocycles. The van der Waals surface area contributed by atoms with Gasteiger partial charge in [0.1, 0.15) is 6.61 Å². The number of para-hydroxylation sites is 1. The first-order valence-electron chi connectivity index (χ1n) is 11.3. The molecule has 0 amide bonds. The number of hydrogen-bond donors (Lipinski definition) is 0. The summed E-state index contributed by atoms with van der Waals surface area (Å²) >= 11 is 2.27. The van der Waals surface area contributed by atoms with Gasteiger partial charge in [-0.2, -0.15) is 0 Å².